The summed E-state index contributed by atoms with van der Waals surface area (Å²) in [4.78, 5) is 13.7. The van der Waals surface area contributed by atoms with Crippen molar-refractivity contribution >= 4 is 6.09 Å². The first-order chi connectivity index (χ1) is 8.65. The van der Waals surface area contributed by atoms with Gasteiger partial charge in [-0.15, -0.1) is 6.42 Å². The van der Waals surface area contributed by atoms with E-state index < -0.39 is 5.54 Å². The molecule has 2 rings (SSSR count). The number of hydrogen-bond donors (Lipinski definition) is 0. The Morgan fingerprint density at radius 1 is 1.50 bits per heavy atom. The summed E-state index contributed by atoms with van der Waals surface area (Å²) in [5.41, 5.74) is 0.487. The molecule has 1 aromatic carbocycles. The highest BCUT2D eigenvalue weighted by atomic mass is 16.6. The molecule has 1 atom stereocenters. The lowest BCUT2D eigenvalue weighted by Gasteiger charge is -2.29. The molecule has 1 unspecified atom stereocenters. The van der Waals surface area contributed by atoms with Gasteiger partial charge in [0.05, 0.1) is 0 Å². The standard InChI is InChI=1S/C15H17NO2/c1-3-15(2)10-7-11-16(15)14(17)18-12-13-8-5-4-6-9-13/h1,4-6,8-9H,7,10-12H2,2H3. The fourth-order valence-corrected chi connectivity index (χ4v) is 2.20. The van der Waals surface area contributed by atoms with Crippen molar-refractivity contribution in [2.24, 2.45) is 0 Å². The molecule has 18 heavy (non-hydrogen) atoms. The highest BCUT2D eigenvalue weighted by molar-refractivity contribution is 5.70. The fourth-order valence-electron chi connectivity index (χ4n) is 2.20. The molecule has 1 heterocycles. The minimum atomic E-state index is -0.492. The number of nitrogens with zero attached hydrogens (tertiary/aromatic N) is 1. The summed E-state index contributed by atoms with van der Waals surface area (Å²) in [5.74, 6) is 2.69. The molecular formula is C15H17NO2. The summed E-state index contributed by atoms with van der Waals surface area (Å²) in [6, 6.07) is 9.63. The summed E-state index contributed by atoms with van der Waals surface area (Å²) in [6.45, 7) is 2.87. The highest BCUT2D eigenvalue weighted by Gasteiger charge is 2.39. The third-order valence-electron chi connectivity index (χ3n) is 3.38. The Balaban J connectivity index is 1.95. The summed E-state index contributed by atoms with van der Waals surface area (Å²) in [7, 11) is 0. The maximum absolute atomic E-state index is 12.0. The Hall–Kier alpha value is -1.95. The molecule has 1 fully saturated rings. The lowest BCUT2D eigenvalue weighted by Crippen LogP contribution is -2.44. The average molecular weight is 243 g/mol. The van der Waals surface area contributed by atoms with Crippen LogP contribution >= 0.6 is 0 Å². The maximum atomic E-state index is 12.0. The molecule has 0 spiro atoms. The quantitative estimate of drug-likeness (QED) is 0.747. The molecule has 0 saturated carbocycles. The Labute approximate surface area is 108 Å². The van der Waals surface area contributed by atoms with Crippen LogP contribution in [0, 0.1) is 12.3 Å². The number of terminal acetylenes is 1. The van der Waals surface area contributed by atoms with E-state index >= 15 is 0 Å². The zero-order chi connectivity index (χ0) is 13.0. The van der Waals surface area contributed by atoms with Crippen LogP contribution in [-0.2, 0) is 11.3 Å². The molecule has 1 saturated heterocycles. The molecule has 3 nitrogen and oxygen atoms in total. The second kappa shape index (κ2) is 5.14. The van der Waals surface area contributed by atoms with Crippen LogP contribution in [0.3, 0.4) is 0 Å². The van der Waals surface area contributed by atoms with E-state index in [1.807, 2.05) is 37.3 Å². The van der Waals surface area contributed by atoms with Gasteiger partial charge in [-0.05, 0) is 25.3 Å². The topological polar surface area (TPSA) is 29.5 Å². The fraction of sp³-hybridized carbons (Fsp3) is 0.400. The van der Waals surface area contributed by atoms with Gasteiger partial charge in [-0.2, -0.15) is 0 Å². The van der Waals surface area contributed by atoms with Gasteiger partial charge in [-0.1, -0.05) is 36.3 Å². The average Bonchev–Trinajstić information content (AvgIpc) is 2.80. The van der Waals surface area contributed by atoms with Gasteiger partial charge in [-0.25, -0.2) is 4.79 Å². The molecule has 3 heteroatoms. The molecule has 94 valence electrons. The van der Waals surface area contributed by atoms with Crippen molar-refractivity contribution in [1.29, 1.82) is 0 Å². The first kappa shape index (κ1) is 12.5. The third-order valence-corrected chi connectivity index (χ3v) is 3.38. The van der Waals surface area contributed by atoms with E-state index in [0.29, 0.717) is 6.54 Å². The summed E-state index contributed by atoms with van der Waals surface area (Å²) in [6.07, 6.45) is 6.95. The predicted octanol–water partition coefficient (Wildman–Crippen LogP) is 2.81. The van der Waals surface area contributed by atoms with Crippen LogP contribution in [-0.4, -0.2) is 23.1 Å². The highest BCUT2D eigenvalue weighted by Crippen LogP contribution is 2.28. The summed E-state index contributed by atoms with van der Waals surface area (Å²) < 4.78 is 5.30. The first-order valence-electron chi connectivity index (χ1n) is 6.12. The van der Waals surface area contributed by atoms with Gasteiger partial charge in [0.25, 0.3) is 0 Å². The SMILES string of the molecule is C#CC1(C)CCCN1C(=O)OCc1ccccc1. The second-order valence-corrected chi connectivity index (χ2v) is 4.71. The molecule has 1 aromatic rings. The molecular weight excluding hydrogens is 226 g/mol. The largest absolute Gasteiger partial charge is 0.445 e. The Morgan fingerprint density at radius 2 is 2.22 bits per heavy atom. The molecule has 0 radical (unpaired) electrons. The lowest BCUT2D eigenvalue weighted by atomic mass is 10.0. The van der Waals surface area contributed by atoms with Crippen molar-refractivity contribution in [3.8, 4) is 12.3 Å². The third kappa shape index (κ3) is 2.48. The van der Waals surface area contributed by atoms with E-state index in [9.17, 15) is 4.79 Å². The zero-order valence-corrected chi connectivity index (χ0v) is 10.6. The van der Waals surface area contributed by atoms with Crippen molar-refractivity contribution in [2.75, 3.05) is 6.54 Å². The molecule has 0 bridgehead atoms. The van der Waals surface area contributed by atoms with Gasteiger partial charge in [0.15, 0.2) is 0 Å². The normalized spacial score (nSPS) is 22.6. The van der Waals surface area contributed by atoms with Gasteiger partial charge in [-0.3, -0.25) is 4.90 Å². The van der Waals surface area contributed by atoms with Crippen LogP contribution in [0.5, 0.6) is 0 Å². The Morgan fingerprint density at radius 3 is 2.89 bits per heavy atom. The minimum Gasteiger partial charge on any atom is -0.445 e. The van der Waals surface area contributed by atoms with E-state index in [4.69, 9.17) is 11.2 Å². The lowest BCUT2D eigenvalue weighted by molar-refractivity contribution is 0.0838. The number of ether oxygens (including phenoxy) is 1. The van der Waals surface area contributed by atoms with Crippen LogP contribution in [0.15, 0.2) is 30.3 Å². The van der Waals surface area contributed by atoms with E-state index in [1.54, 1.807) is 4.90 Å². The van der Waals surface area contributed by atoms with Gasteiger partial charge in [0.1, 0.15) is 12.1 Å². The zero-order valence-electron chi connectivity index (χ0n) is 10.6. The molecule has 0 aromatic heterocycles. The monoisotopic (exact) mass is 243 g/mol. The Bertz CT molecular complexity index is 463. The van der Waals surface area contributed by atoms with Gasteiger partial charge < -0.3 is 4.74 Å². The number of carbonyl (C=O) groups is 1. The van der Waals surface area contributed by atoms with Crippen molar-refractivity contribution in [3.05, 3.63) is 35.9 Å². The minimum absolute atomic E-state index is 0.289. The van der Waals surface area contributed by atoms with Crippen LogP contribution in [0.4, 0.5) is 4.79 Å². The second-order valence-electron chi connectivity index (χ2n) is 4.71. The van der Waals surface area contributed by atoms with E-state index in [2.05, 4.69) is 5.92 Å². The number of hydrogen-bond acceptors (Lipinski definition) is 2. The van der Waals surface area contributed by atoms with Crippen LogP contribution in [0.2, 0.25) is 0 Å². The van der Waals surface area contributed by atoms with E-state index in [-0.39, 0.29) is 12.7 Å². The van der Waals surface area contributed by atoms with Crippen LogP contribution in [0.1, 0.15) is 25.3 Å². The van der Waals surface area contributed by atoms with Crippen molar-refractivity contribution < 1.29 is 9.53 Å². The number of rotatable bonds is 2. The maximum Gasteiger partial charge on any atom is 0.411 e. The van der Waals surface area contributed by atoms with E-state index in [1.165, 1.54) is 0 Å². The van der Waals surface area contributed by atoms with E-state index in [0.717, 1.165) is 18.4 Å². The van der Waals surface area contributed by atoms with Gasteiger partial charge >= 0.3 is 6.09 Å². The molecule has 0 aliphatic carbocycles. The molecule has 1 amide bonds. The van der Waals surface area contributed by atoms with Gasteiger partial charge in [0, 0.05) is 6.54 Å². The number of amides is 1. The number of likely N-dealkylation sites (tertiary alicyclic amines) is 1. The molecule has 1 aliphatic heterocycles. The number of carbonyl (C=O) groups excluding carboxylic acids is 1. The van der Waals surface area contributed by atoms with Crippen LogP contribution < -0.4 is 0 Å². The van der Waals surface area contributed by atoms with Crippen molar-refractivity contribution in [2.45, 2.75) is 31.9 Å². The van der Waals surface area contributed by atoms with Crippen molar-refractivity contribution in [3.63, 3.8) is 0 Å². The predicted molar refractivity (Wildman–Crippen MR) is 69.8 cm³/mol. The number of benzene rings is 1. The summed E-state index contributed by atoms with van der Waals surface area (Å²) >= 11 is 0. The summed E-state index contributed by atoms with van der Waals surface area (Å²) in [5, 5.41) is 0. The van der Waals surface area contributed by atoms with Crippen molar-refractivity contribution in [1.82, 2.24) is 4.90 Å². The smallest absolute Gasteiger partial charge is 0.411 e. The van der Waals surface area contributed by atoms with Gasteiger partial charge in [0.2, 0.25) is 0 Å². The molecule has 0 N–H and O–H groups in total. The van der Waals surface area contributed by atoms with Crippen LogP contribution in [0.25, 0.3) is 0 Å². The molecule has 1 aliphatic rings. The first-order valence-corrected chi connectivity index (χ1v) is 6.12. The Kier molecular flexibility index (Phi) is 3.57.